The lowest BCUT2D eigenvalue weighted by atomic mass is 10.0. The van der Waals surface area contributed by atoms with Crippen molar-refractivity contribution in [2.45, 2.75) is 109 Å². The second kappa shape index (κ2) is 13.5. The van der Waals surface area contributed by atoms with Crippen LogP contribution < -0.4 is 10.6 Å². The number of carbonyl (C=O) groups excluding carboxylic acids is 2. The minimum atomic E-state index is -0.395. The number of amides is 3. The number of guanidine groups is 1. The third kappa shape index (κ3) is 7.17. The number of imide groups is 1. The van der Waals surface area contributed by atoms with Gasteiger partial charge >= 0.3 is 6.03 Å². The Morgan fingerprint density at radius 1 is 0.833 bits per heavy atom. The first kappa shape index (κ1) is 24.5. The van der Waals surface area contributed by atoms with Gasteiger partial charge in [-0.05, 0) is 6.42 Å². The van der Waals surface area contributed by atoms with E-state index >= 15 is 0 Å². The molecule has 2 unspecified atom stereocenters. The highest BCUT2D eigenvalue weighted by atomic mass is 16.2. The standard InChI is InChI=1S/C23H43N5O2/c1-4-5-6-7-8-9-10-11-12-13-14-15-16-17-18-28-19-20(25-22(28)24-2)27(3)23(30)26-21(19)29/h19-20H,4-18H2,1-3H3,(H,24,25)(H,26,29,30). The van der Waals surface area contributed by atoms with Gasteiger partial charge in [0.15, 0.2) is 12.0 Å². The van der Waals surface area contributed by atoms with Crippen molar-refractivity contribution in [3.63, 3.8) is 0 Å². The molecule has 2 fully saturated rings. The number of carbonyl (C=O) groups is 2. The Kier molecular flexibility index (Phi) is 11.0. The number of nitrogens with one attached hydrogen (secondary N) is 2. The summed E-state index contributed by atoms with van der Waals surface area (Å²) in [6.45, 7) is 3.06. The lowest BCUT2D eigenvalue weighted by Gasteiger charge is -2.35. The summed E-state index contributed by atoms with van der Waals surface area (Å²) in [6, 6.07) is -0.754. The minimum Gasteiger partial charge on any atom is -0.334 e. The molecule has 0 spiro atoms. The minimum absolute atomic E-state index is 0.236. The van der Waals surface area contributed by atoms with Gasteiger partial charge in [-0.3, -0.25) is 15.1 Å². The number of hydrogen-bond donors (Lipinski definition) is 2. The molecule has 30 heavy (non-hydrogen) atoms. The van der Waals surface area contributed by atoms with Crippen LogP contribution in [0.4, 0.5) is 4.79 Å². The summed E-state index contributed by atoms with van der Waals surface area (Å²) in [5, 5.41) is 5.66. The predicted molar refractivity (Wildman–Crippen MR) is 122 cm³/mol. The Bertz CT molecular complexity index is 566. The molecule has 7 heteroatoms. The zero-order valence-corrected chi connectivity index (χ0v) is 19.4. The van der Waals surface area contributed by atoms with Gasteiger partial charge in [-0.15, -0.1) is 0 Å². The molecule has 7 nitrogen and oxygen atoms in total. The highest BCUT2D eigenvalue weighted by Crippen LogP contribution is 2.21. The van der Waals surface area contributed by atoms with Crippen LogP contribution >= 0.6 is 0 Å². The lowest BCUT2D eigenvalue weighted by molar-refractivity contribution is -0.127. The highest BCUT2D eigenvalue weighted by molar-refractivity contribution is 6.04. The Labute approximate surface area is 183 Å². The Morgan fingerprint density at radius 2 is 1.33 bits per heavy atom. The van der Waals surface area contributed by atoms with Crippen molar-refractivity contribution in [1.82, 2.24) is 20.4 Å². The maximum Gasteiger partial charge on any atom is 0.325 e. The maximum atomic E-state index is 12.4. The summed E-state index contributed by atoms with van der Waals surface area (Å²) in [4.78, 5) is 32.0. The second-order valence-corrected chi connectivity index (χ2v) is 8.78. The van der Waals surface area contributed by atoms with Gasteiger partial charge in [-0.2, -0.15) is 0 Å². The molecule has 2 heterocycles. The molecule has 172 valence electrons. The third-order valence-electron chi connectivity index (χ3n) is 6.38. The van der Waals surface area contributed by atoms with Crippen LogP contribution in [0.25, 0.3) is 0 Å². The maximum absolute atomic E-state index is 12.4. The normalized spacial score (nSPS) is 22.4. The molecule has 0 aromatic carbocycles. The zero-order valence-electron chi connectivity index (χ0n) is 19.4. The fourth-order valence-electron chi connectivity index (χ4n) is 4.50. The van der Waals surface area contributed by atoms with E-state index in [1.165, 1.54) is 83.5 Å². The van der Waals surface area contributed by atoms with Gasteiger partial charge in [0.1, 0.15) is 6.17 Å². The molecule has 0 aromatic rings. The van der Waals surface area contributed by atoms with E-state index in [1.807, 2.05) is 4.90 Å². The fraction of sp³-hybridized carbons (Fsp3) is 0.870. The number of aliphatic imine (C=N–C) groups is 1. The number of hydrogen-bond acceptors (Lipinski definition) is 3. The Balaban J connectivity index is 1.53. The SMILES string of the molecule is CCCCCCCCCCCCCCCCN1C(=NC)NC2C1C(=O)NC(=O)N2C. The third-order valence-corrected chi connectivity index (χ3v) is 6.38. The van der Waals surface area contributed by atoms with Crippen molar-refractivity contribution >= 4 is 17.9 Å². The van der Waals surface area contributed by atoms with E-state index in [9.17, 15) is 9.59 Å². The number of urea groups is 1. The summed E-state index contributed by atoms with van der Waals surface area (Å²) in [6.07, 6.45) is 18.3. The number of unbranched alkanes of at least 4 members (excludes halogenated alkanes) is 13. The lowest BCUT2D eigenvalue weighted by Crippen LogP contribution is -2.64. The van der Waals surface area contributed by atoms with Crippen LogP contribution in [-0.4, -0.2) is 60.5 Å². The highest BCUT2D eigenvalue weighted by Gasteiger charge is 2.49. The molecule has 2 atom stereocenters. The average Bonchev–Trinajstić information content (AvgIpc) is 3.11. The Hall–Kier alpha value is -1.79. The summed E-state index contributed by atoms with van der Waals surface area (Å²) < 4.78 is 0. The predicted octanol–water partition coefficient (Wildman–Crippen LogP) is 4.24. The number of rotatable bonds is 15. The molecule has 2 N–H and O–H groups in total. The van der Waals surface area contributed by atoms with Gasteiger partial charge < -0.3 is 15.1 Å². The molecule has 0 saturated carbocycles. The van der Waals surface area contributed by atoms with Gasteiger partial charge in [0, 0.05) is 20.6 Å². The topological polar surface area (TPSA) is 77.0 Å². The Morgan fingerprint density at radius 3 is 1.83 bits per heavy atom. The van der Waals surface area contributed by atoms with E-state index in [0.717, 1.165) is 13.0 Å². The van der Waals surface area contributed by atoms with Crippen LogP contribution in [0, 0.1) is 0 Å². The van der Waals surface area contributed by atoms with Crippen molar-refractivity contribution in [1.29, 1.82) is 0 Å². The van der Waals surface area contributed by atoms with Crippen molar-refractivity contribution in [2.75, 3.05) is 20.6 Å². The van der Waals surface area contributed by atoms with E-state index in [0.29, 0.717) is 5.96 Å². The first-order chi connectivity index (χ1) is 14.6. The number of nitrogens with zero attached hydrogens (tertiary/aromatic N) is 3. The molecule has 0 radical (unpaired) electrons. The molecule has 2 saturated heterocycles. The monoisotopic (exact) mass is 421 g/mol. The van der Waals surface area contributed by atoms with Crippen molar-refractivity contribution in [3.05, 3.63) is 0 Å². The van der Waals surface area contributed by atoms with Crippen molar-refractivity contribution in [2.24, 2.45) is 4.99 Å². The molecular formula is C23H43N5O2. The summed E-state index contributed by atoms with van der Waals surface area (Å²) in [7, 11) is 3.42. The van der Waals surface area contributed by atoms with Crippen LogP contribution in [0.2, 0.25) is 0 Å². The summed E-state index contributed by atoms with van der Waals surface area (Å²) in [5.74, 6) is 0.469. The molecule has 3 amide bonds. The molecule has 2 aliphatic heterocycles. The molecule has 0 bridgehead atoms. The van der Waals surface area contributed by atoms with Crippen molar-refractivity contribution < 1.29 is 9.59 Å². The van der Waals surface area contributed by atoms with Gasteiger partial charge in [0.2, 0.25) is 0 Å². The zero-order chi connectivity index (χ0) is 21.8. The van der Waals surface area contributed by atoms with Crippen LogP contribution in [0.1, 0.15) is 96.8 Å². The van der Waals surface area contributed by atoms with Crippen LogP contribution in [0.3, 0.4) is 0 Å². The van der Waals surface area contributed by atoms with Crippen LogP contribution in [-0.2, 0) is 4.79 Å². The molecule has 2 aliphatic rings. The van der Waals surface area contributed by atoms with Gasteiger partial charge in [-0.1, -0.05) is 90.4 Å². The second-order valence-electron chi connectivity index (χ2n) is 8.78. The molecule has 0 aliphatic carbocycles. The van der Waals surface area contributed by atoms with Gasteiger partial charge in [0.25, 0.3) is 5.91 Å². The summed E-state index contributed by atoms with van der Waals surface area (Å²) >= 11 is 0. The van der Waals surface area contributed by atoms with E-state index in [-0.39, 0.29) is 18.1 Å². The first-order valence-electron chi connectivity index (χ1n) is 12.2. The molecular weight excluding hydrogens is 378 g/mol. The van der Waals surface area contributed by atoms with E-state index < -0.39 is 6.04 Å². The quantitative estimate of drug-likeness (QED) is 0.388. The average molecular weight is 422 g/mol. The van der Waals surface area contributed by atoms with Gasteiger partial charge in [0.05, 0.1) is 0 Å². The first-order valence-corrected chi connectivity index (χ1v) is 12.2. The molecule has 0 aromatic heterocycles. The number of likely N-dealkylation sites (N-methyl/N-ethyl adjacent to an activating group) is 1. The van der Waals surface area contributed by atoms with Crippen LogP contribution in [0.5, 0.6) is 0 Å². The van der Waals surface area contributed by atoms with Crippen molar-refractivity contribution in [3.8, 4) is 0 Å². The summed E-state index contributed by atoms with van der Waals surface area (Å²) in [5.41, 5.74) is 0. The molecule has 2 rings (SSSR count). The van der Waals surface area contributed by atoms with Crippen LogP contribution in [0.15, 0.2) is 4.99 Å². The largest absolute Gasteiger partial charge is 0.334 e. The number of fused-ring (bicyclic) bond motifs is 1. The van der Waals surface area contributed by atoms with Gasteiger partial charge in [-0.25, -0.2) is 4.79 Å². The smallest absolute Gasteiger partial charge is 0.325 e. The van der Waals surface area contributed by atoms with E-state index in [4.69, 9.17) is 0 Å². The fourth-order valence-corrected chi connectivity index (χ4v) is 4.50. The van der Waals surface area contributed by atoms with E-state index in [1.54, 1.807) is 19.0 Å². The van der Waals surface area contributed by atoms with E-state index in [2.05, 4.69) is 22.5 Å².